The number of hydrogen-bond acceptors (Lipinski definition) is 3. The van der Waals surface area contributed by atoms with E-state index in [1.165, 1.54) is 28.1 Å². The number of benzene rings is 1. The number of nitrogens with one attached hydrogen (secondary N) is 1. The van der Waals surface area contributed by atoms with Gasteiger partial charge in [-0.3, -0.25) is 4.98 Å². The van der Waals surface area contributed by atoms with Gasteiger partial charge in [0, 0.05) is 28.7 Å². The summed E-state index contributed by atoms with van der Waals surface area (Å²) in [4.78, 5) is 5.94. The molecule has 20 heavy (non-hydrogen) atoms. The van der Waals surface area contributed by atoms with Crippen molar-refractivity contribution in [1.29, 1.82) is 0 Å². The Morgan fingerprint density at radius 1 is 1.25 bits per heavy atom. The fourth-order valence-electron chi connectivity index (χ4n) is 3.18. The molecule has 1 aliphatic rings. The third-order valence-electron chi connectivity index (χ3n) is 4.19. The Bertz CT molecular complexity index is 580. The summed E-state index contributed by atoms with van der Waals surface area (Å²) in [5.74, 6) is 0.483. The zero-order valence-corrected chi connectivity index (χ0v) is 12.8. The maximum absolute atomic E-state index is 4.62. The van der Waals surface area contributed by atoms with Crippen LogP contribution in [0, 0.1) is 0 Å². The lowest BCUT2D eigenvalue weighted by Crippen LogP contribution is -2.23. The minimum absolute atomic E-state index is 0.349. The Hall–Kier alpha value is -1.32. The number of hydrogen-bond donors (Lipinski definition) is 1. The van der Waals surface area contributed by atoms with Gasteiger partial charge in [0.2, 0.25) is 0 Å². The topological polar surface area (TPSA) is 24.9 Å². The van der Waals surface area contributed by atoms with Crippen LogP contribution in [0.3, 0.4) is 0 Å². The van der Waals surface area contributed by atoms with Gasteiger partial charge in [-0.05, 0) is 55.5 Å². The van der Waals surface area contributed by atoms with Crippen molar-refractivity contribution in [1.82, 2.24) is 10.3 Å². The first-order valence-electron chi connectivity index (χ1n) is 7.08. The molecule has 1 heterocycles. The van der Waals surface area contributed by atoms with E-state index in [-0.39, 0.29) is 0 Å². The number of aryl methyl sites for hydroxylation is 1. The zero-order chi connectivity index (χ0) is 13.9. The highest BCUT2D eigenvalue weighted by Crippen LogP contribution is 2.40. The molecule has 0 bridgehead atoms. The maximum Gasteiger partial charge on any atom is 0.0485 e. The summed E-state index contributed by atoms with van der Waals surface area (Å²) < 4.78 is 0. The van der Waals surface area contributed by atoms with Gasteiger partial charge in [-0.2, -0.15) is 0 Å². The second-order valence-electron chi connectivity index (χ2n) is 5.23. The Morgan fingerprint density at radius 2 is 2.05 bits per heavy atom. The van der Waals surface area contributed by atoms with Crippen LogP contribution < -0.4 is 5.32 Å². The molecule has 0 aliphatic heterocycles. The predicted octanol–water partition coefficient (Wildman–Crippen LogP) is 3.79. The highest BCUT2D eigenvalue weighted by molar-refractivity contribution is 7.98. The molecule has 1 aromatic carbocycles. The van der Waals surface area contributed by atoms with Gasteiger partial charge in [-0.25, -0.2) is 0 Å². The van der Waals surface area contributed by atoms with E-state index < -0.39 is 0 Å². The number of aromatic nitrogens is 1. The zero-order valence-electron chi connectivity index (χ0n) is 12.0. The van der Waals surface area contributed by atoms with E-state index in [0.717, 1.165) is 6.42 Å². The largest absolute Gasteiger partial charge is 0.312 e. The lowest BCUT2D eigenvalue weighted by Gasteiger charge is -2.24. The number of rotatable bonds is 4. The van der Waals surface area contributed by atoms with Crippen molar-refractivity contribution < 1.29 is 0 Å². The van der Waals surface area contributed by atoms with Gasteiger partial charge in [0.05, 0.1) is 0 Å². The van der Waals surface area contributed by atoms with Gasteiger partial charge in [0.25, 0.3) is 0 Å². The highest BCUT2D eigenvalue weighted by Gasteiger charge is 2.30. The van der Waals surface area contributed by atoms with Crippen molar-refractivity contribution in [3.8, 4) is 0 Å². The van der Waals surface area contributed by atoms with Gasteiger partial charge in [0.1, 0.15) is 0 Å². The smallest absolute Gasteiger partial charge is 0.0485 e. The fraction of sp³-hybridized carbons (Fsp3) is 0.353. The minimum atomic E-state index is 0.349. The van der Waals surface area contributed by atoms with Gasteiger partial charge in [-0.1, -0.05) is 18.2 Å². The van der Waals surface area contributed by atoms with Crippen LogP contribution in [0.4, 0.5) is 0 Å². The summed E-state index contributed by atoms with van der Waals surface area (Å²) in [6, 6.07) is 13.5. The van der Waals surface area contributed by atoms with Crippen molar-refractivity contribution in [2.45, 2.75) is 29.7 Å². The van der Waals surface area contributed by atoms with E-state index in [9.17, 15) is 0 Å². The van der Waals surface area contributed by atoms with Crippen molar-refractivity contribution in [3.63, 3.8) is 0 Å². The van der Waals surface area contributed by atoms with Crippen molar-refractivity contribution in [2.75, 3.05) is 13.3 Å². The SMILES string of the molecule is CNC(c1ccc(SC)cc1)C1CCc2cccnc21. The second-order valence-corrected chi connectivity index (χ2v) is 6.11. The van der Waals surface area contributed by atoms with Crippen LogP contribution in [0.1, 0.15) is 35.2 Å². The van der Waals surface area contributed by atoms with Gasteiger partial charge >= 0.3 is 0 Å². The van der Waals surface area contributed by atoms with E-state index in [1.54, 1.807) is 11.8 Å². The quantitative estimate of drug-likeness (QED) is 0.865. The molecular weight excluding hydrogens is 264 g/mol. The van der Waals surface area contributed by atoms with Crippen molar-refractivity contribution in [2.24, 2.45) is 0 Å². The molecule has 2 aromatic rings. The molecule has 0 radical (unpaired) electrons. The predicted molar refractivity (Wildman–Crippen MR) is 85.3 cm³/mol. The lowest BCUT2D eigenvalue weighted by molar-refractivity contribution is 0.470. The molecule has 3 rings (SSSR count). The van der Waals surface area contributed by atoms with Crippen LogP contribution >= 0.6 is 11.8 Å². The van der Waals surface area contributed by atoms with Gasteiger partial charge in [0.15, 0.2) is 0 Å². The Morgan fingerprint density at radius 3 is 2.75 bits per heavy atom. The van der Waals surface area contributed by atoms with Crippen LogP contribution in [0.25, 0.3) is 0 Å². The lowest BCUT2D eigenvalue weighted by atomic mass is 9.91. The molecular formula is C17H20N2S. The third kappa shape index (κ3) is 2.48. The van der Waals surface area contributed by atoms with Crippen LogP contribution in [-0.2, 0) is 6.42 Å². The molecule has 0 amide bonds. The molecule has 2 atom stereocenters. The van der Waals surface area contributed by atoms with Gasteiger partial charge in [-0.15, -0.1) is 11.8 Å². The summed E-state index contributed by atoms with van der Waals surface area (Å²) in [5, 5.41) is 3.49. The molecule has 2 unspecified atom stereocenters. The summed E-state index contributed by atoms with van der Waals surface area (Å²) in [6.45, 7) is 0. The molecule has 3 heteroatoms. The normalized spacial score (nSPS) is 18.8. The fourth-order valence-corrected chi connectivity index (χ4v) is 3.59. The number of pyridine rings is 1. The molecule has 2 nitrogen and oxygen atoms in total. The molecule has 104 valence electrons. The van der Waals surface area contributed by atoms with E-state index in [4.69, 9.17) is 0 Å². The molecule has 0 saturated carbocycles. The molecule has 1 aromatic heterocycles. The standard InChI is InChI=1S/C17H20N2S/c1-18-16(13-5-8-14(20-2)9-6-13)15-10-7-12-4-3-11-19-17(12)15/h3-6,8-9,11,15-16,18H,7,10H2,1-2H3. The third-order valence-corrected chi connectivity index (χ3v) is 4.93. The summed E-state index contributed by atoms with van der Waals surface area (Å²) in [7, 11) is 2.05. The van der Waals surface area contributed by atoms with Crippen LogP contribution in [-0.4, -0.2) is 18.3 Å². The van der Waals surface area contributed by atoms with Crippen molar-refractivity contribution >= 4 is 11.8 Å². The monoisotopic (exact) mass is 284 g/mol. The first kappa shape index (κ1) is 13.7. The minimum Gasteiger partial charge on any atom is -0.312 e. The number of likely N-dealkylation sites (N-methyl/N-ethyl adjacent to an activating group) is 1. The van der Waals surface area contributed by atoms with Crippen LogP contribution in [0.2, 0.25) is 0 Å². The first-order chi connectivity index (χ1) is 9.83. The molecule has 1 N–H and O–H groups in total. The van der Waals surface area contributed by atoms with Crippen molar-refractivity contribution in [3.05, 3.63) is 59.4 Å². The summed E-state index contributed by atoms with van der Waals surface area (Å²) in [5.41, 5.74) is 4.05. The second kappa shape index (κ2) is 5.98. The average molecular weight is 284 g/mol. The van der Waals surface area contributed by atoms with E-state index in [1.807, 2.05) is 19.3 Å². The summed E-state index contributed by atoms with van der Waals surface area (Å²) in [6.07, 6.45) is 6.36. The number of thioether (sulfide) groups is 1. The average Bonchev–Trinajstić information content (AvgIpc) is 2.93. The number of fused-ring (bicyclic) bond motifs is 1. The van der Waals surface area contributed by atoms with E-state index >= 15 is 0 Å². The maximum atomic E-state index is 4.62. The van der Waals surface area contributed by atoms with Gasteiger partial charge < -0.3 is 5.32 Å². The Balaban J connectivity index is 1.90. The first-order valence-corrected chi connectivity index (χ1v) is 8.31. The molecule has 1 aliphatic carbocycles. The summed E-state index contributed by atoms with van der Waals surface area (Å²) >= 11 is 1.78. The number of nitrogens with zero attached hydrogens (tertiary/aromatic N) is 1. The Labute approximate surface area is 125 Å². The molecule has 0 saturated heterocycles. The van der Waals surface area contributed by atoms with E-state index in [0.29, 0.717) is 12.0 Å². The van der Waals surface area contributed by atoms with Crippen LogP contribution in [0.15, 0.2) is 47.5 Å². The van der Waals surface area contributed by atoms with Crippen LogP contribution in [0.5, 0.6) is 0 Å². The Kier molecular flexibility index (Phi) is 4.08. The van der Waals surface area contributed by atoms with E-state index in [2.05, 4.69) is 46.9 Å². The highest BCUT2D eigenvalue weighted by atomic mass is 32.2. The molecule has 0 spiro atoms. The molecule has 0 fully saturated rings.